The molecular weight excluding hydrogens is 456 g/mol. The molecule has 0 bridgehead atoms. The second kappa shape index (κ2) is 10.5. The van der Waals surface area contributed by atoms with Crippen LogP contribution in [0.5, 0.6) is 0 Å². The highest BCUT2D eigenvalue weighted by Crippen LogP contribution is 2.30. The van der Waals surface area contributed by atoms with Crippen LogP contribution in [-0.2, 0) is 4.79 Å². The third-order valence-electron chi connectivity index (χ3n) is 5.93. The first kappa shape index (κ1) is 23.4. The first-order valence-electron chi connectivity index (χ1n) is 11.1. The predicted octanol–water partition coefficient (Wildman–Crippen LogP) is 5.77. The standard InChI is InChI=1S/C25H27ClN4O2S/c1-16(2)30-11-9-17(10-12-30)24(31)28-21-7-5-18(22-4-3-13-33-22)14-20(21)25(32)29-23-8-6-19(26)15-27-23/h3-8,13-17H,9-12H2,1-2H3,(H,28,31)(H,27,29,32). The highest BCUT2D eigenvalue weighted by Gasteiger charge is 2.27. The van der Waals surface area contributed by atoms with Crippen molar-refractivity contribution in [1.82, 2.24) is 9.88 Å². The molecule has 1 aromatic carbocycles. The lowest BCUT2D eigenvalue weighted by Crippen LogP contribution is -2.41. The summed E-state index contributed by atoms with van der Waals surface area (Å²) >= 11 is 7.50. The fourth-order valence-electron chi connectivity index (χ4n) is 3.98. The molecule has 172 valence electrons. The Morgan fingerprint density at radius 2 is 1.91 bits per heavy atom. The van der Waals surface area contributed by atoms with E-state index in [2.05, 4.69) is 34.4 Å². The number of carbonyl (C=O) groups excluding carboxylic acids is 2. The maximum atomic E-state index is 13.2. The van der Waals surface area contributed by atoms with E-state index in [9.17, 15) is 9.59 Å². The quantitative estimate of drug-likeness (QED) is 0.467. The lowest BCUT2D eigenvalue weighted by atomic mass is 9.94. The van der Waals surface area contributed by atoms with E-state index in [1.807, 2.05) is 29.6 Å². The van der Waals surface area contributed by atoms with E-state index in [4.69, 9.17) is 11.6 Å². The highest BCUT2D eigenvalue weighted by atomic mass is 35.5. The summed E-state index contributed by atoms with van der Waals surface area (Å²) in [4.78, 5) is 33.8. The van der Waals surface area contributed by atoms with Gasteiger partial charge in [0.05, 0.1) is 16.3 Å². The Labute approximate surface area is 203 Å². The molecule has 8 heteroatoms. The minimum atomic E-state index is -0.340. The molecule has 0 atom stereocenters. The summed E-state index contributed by atoms with van der Waals surface area (Å²) in [5, 5.41) is 8.30. The fraction of sp³-hybridized carbons (Fsp3) is 0.320. The summed E-state index contributed by atoms with van der Waals surface area (Å²) in [6, 6.07) is 13.3. The average Bonchev–Trinajstić information content (AvgIpc) is 3.36. The van der Waals surface area contributed by atoms with Gasteiger partial charge in [0.15, 0.2) is 0 Å². The Hall–Kier alpha value is -2.74. The van der Waals surface area contributed by atoms with Crippen molar-refractivity contribution in [3.05, 3.63) is 64.6 Å². The molecule has 2 N–H and O–H groups in total. The number of likely N-dealkylation sites (tertiary alicyclic amines) is 1. The maximum Gasteiger partial charge on any atom is 0.258 e. The van der Waals surface area contributed by atoms with Crippen LogP contribution >= 0.6 is 22.9 Å². The first-order chi connectivity index (χ1) is 15.9. The van der Waals surface area contributed by atoms with Crippen molar-refractivity contribution in [2.24, 2.45) is 5.92 Å². The zero-order valence-electron chi connectivity index (χ0n) is 18.7. The number of rotatable bonds is 6. The largest absolute Gasteiger partial charge is 0.325 e. The second-order valence-corrected chi connectivity index (χ2v) is 9.83. The zero-order valence-corrected chi connectivity index (χ0v) is 20.2. The molecular formula is C25H27ClN4O2S. The van der Waals surface area contributed by atoms with Crippen molar-refractivity contribution in [2.45, 2.75) is 32.7 Å². The average molecular weight is 483 g/mol. The molecule has 6 nitrogen and oxygen atoms in total. The van der Waals surface area contributed by atoms with Gasteiger partial charge in [0.25, 0.3) is 5.91 Å². The molecule has 1 saturated heterocycles. The number of hydrogen-bond donors (Lipinski definition) is 2. The maximum absolute atomic E-state index is 13.2. The number of nitrogens with one attached hydrogen (secondary N) is 2. The van der Waals surface area contributed by atoms with Crippen molar-refractivity contribution in [3.63, 3.8) is 0 Å². The number of amides is 2. The Kier molecular flexibility index (Phi) is 7.42. The number of piperidine rings is 1. The Balaban J connectivity index is 1.55. The summed E-state index contributed by atoms with van der Waals surface area (Å²) in [5.41, 5.74) is 1.81. The number of anilines is 2. The molecule has 33 heavy (non-hydrogen) atoms. The SMILES string of the molecule is CC(C)N1CCC(C(=O)Nc2ccc(-c3cccs3)cc2C(=O)Nc2ccc(Cl)cn2)CC1. The van der Waals surface area contributed by atoms with Crippen LogP contribution in [0.2, 0.25) is 5.02 Å². The van der Waals surface area contributed by atoms with Crippen molar-refractivity contribution in [3.8, 4) is 10.4 Å². The molecule has 1 aliphatic heterocycles. The van der Waals surface area contributed by atoms with Gasteiger partial charge in [-0.1, -0.05) is 23.7 Å². The Bertz CT molecular complexity index is 1110. The van der Waals surface area contributed by atoms with Gasteiger partial charge in [-0.15, -0.1) is 11.3 Å². The summed E-state index contributed by atoms with van der Waals surface area (Å²) in [5.74, 6) is -0.0517. The van der Waals surface area contributed by atoms with Gasteiger partial charge in [0.1, 0.15) is 5.82 Å². The highest BCUT2D eigenvalue weighted by molar-refractivity contribution is 7.13. The number of aromatic nitrogens is 1. The van der Waals surface area contributed by atoms with Gasteiger partial charge < -0.3 is 15.5 Å². The zero-order chi connectivity index (χ0) is 23.4. The number of halogens is 1. The van der Waals surface area contributed by atoms with Crippen LogP contribution in [0.15, 0.2) is 54.0 Å². The van der Waals surface area contributed by atoms with Crippen LogP contribution < -0.4 is 10.6 Å². The molecule has 0 saturated carbocycles. The minimum Gasteiger partial charge on any atom is -0.325 e. The predicted molar refractivity (Wildman–Crippen MR) is 135 cm³/mol. The van der Waals surface area contributed by atoms with Crippen molar-refractivity contribution in [1.29, 1.82) is 0 Å². The number of nitrogens with zero attached hydrogens (tertiary/aromatic N) is 2. The van der Waals surface area contributed by atoms with E-state index in [1.165, 1.54) is 6.20 Å². The van der Waals surface area contributed by atoms with E-state index in [0.29, 0.717) is 28.1 Å². The molecule has 4 rings (SSSR count). The third kappa shape index (κ3) is 5.79. The van der Waals surface area contributed by atoms with Crippen LogP contribution in [0.1, 0.15) is 37.0 Å². The van der Waals surface area contributed by atoms with Crippen molar-refractivity contribution < 1.29 is 9.59 Å². The van der Waals surface area contributed by atoms with Crippen LogP contribution in [0.4, 0.5) is 11.5 Å². The molecule has 1 fully saturated rings. The lowest BCUT2D eigenvalue weighted by Gasteiger charge is -2.34. The molecule has 0 spiro atoms. The van der Waals surface area contributed by atoms with E-state index < -0.39 is 0 Å². The Morgan fingerprint density at radius 1 is 1.12 bits per heavy atom. The molecule has 0 aliphatic carbocycles. The molecule has 2 amide bonds. The first-order valence-corrected chi connectivity index (χ1v) is 12.3. The van der Waals surface area contributed by atoms with Gasteiger partial charge >= 0.3 is 0 Å². The molecule has 0 unspecified atom stereocenters. The van der Waals surface area contributed by atoms with Gasteiger partial charge in [-0.25, -0.2) is 4.98 Å². The third-order valence-corrected chi connectivity index (χ3v) is 7.07. The number of benzene rings is 1. The molecule has 3 heterocycles. The van der Waals surface area contributed by atoms with Crippen LogP contribution in [0.25, 0.3) is 10.4 Å². The minimum absolute atomic E-state index is 0.0408. The number of carbonyl (C=O) groups is 2. The van der Waals surface area contributed by atoms with Crippen LogP contribution in [0.3, 0.4) is 0 Å². The smallest absolute Gasteiger partial charge is 0.258 e. The molecule has 0 radical (unpaired) electrons. The van der Waals surface area contributed by atoms with Gasteiger partial charge in [0.2, 0.25) is 5.91 Å². The van der Waals surface area contributed by atoms with Crippen molar-refractivity contribution in [2.75, 3.05) is 23.7 Å². The van der Waals surface area contributed by atoms with Gasteiger partial charge in [-0.2, -0.15) is 0 Å². The number of hydrogen-bond acceptors (Lipinski definition) is 5. The second-order valence-electron chi connectivity index (χ2n) is 8.45. The molecule has 3 aromatic rings. The number of pyridine rings is 1. The number of thiophene rings is 1. The molecule has 2 aromatic heterocycles. The van der Waals surface area contributed by atoms with Gasteiger partial charge in [-0.05, 0) is 81.1 Å². The topological polar surface area (TPSA) is 74.3 Å². The molecule has 1 aliphatic rings. The summed E-state index contributed by atoms with van der Waals surface area (Å²) in [7, 11) is 0. The summed E-state index contributed by atoms with van der Waals surface area (Å²) < 4.78 is 0. The summed E-state index contributed by atoms with van der Waals surface area (Å²) in [6.45, 7) is 6.16. The fourth-order valence-corrected chi connectivity index (χ4v) is 4.82. The van der Waals surface area contributed by atoms with Gasteiger partial charge in [0, 0.05) is 23.0 Å². The van der Waals surface area contributed by atoms with Crippen LogP contribution in [-0.4, -0.2) is 40.8 Å². The van der Waals surface area contributed by atoms with E-state index in [0.717, 1.165) is 36.4 Å². The lowest BCUT2D eigenvalue weighted by molar-refractivity contribution is -0.121. The van der Waals surface area contributed by atoms with Crippen molar-refractivity contribution >= 4 is 46.3 Å². The monoisotopic (exact) mass is 482 g/mol. The summed E-state index contributed by atoms with van der Waals surface area (Å²) in [6.07, 6.45) is 3.10. The van der Waals surface area contributed by atoms with E-state index >= 15 is 0 Å². The Morgan fingerprint density at radius 3 is 2.55 bits per heavy atom. The van der Waals surface area contributed by atoms with E-state index in [-0.39, 0.29) is 17.7 Å². The van der Waals surface area contributed by atoms with E-state index in [1.54, 1.807) is 29.5 Å². The normalized spacial score (nSPS) is 14.9. The van der Waals surface area contributed by atoms with Gasteiger partial charge in [-0.3, -0.25) is 9.59 Å². The van der Waals surface area contributed by atoms with Crippen LogP contribution in [0, 0.1) is 5.92 Å².